The van der Waals surface area contributed by atoms with Crippen LogP contribution in [0.25, 0.3) is 0 Å². The molecule has 1 aliphatic heterocycles. The Morgan fingerprint density at radius 1 is 1.29 bits per heavy atom. The zero-order chi connectivity index (χ0) is 11.0. The molecule has 0 amide bonds. The van der Waals surface area contributed by atoms with Crippen LogP contribution in [0.4, 0.5) is 8.78 Å². The second kappa shape index (κ2) is 3.41. The van der Waals surface area contributed by atoms with Gasteiger partial charge in [-0.05, 0) is 5.11 Å². The van der Waals surface area contributed by atoms with Crippen molar-refractivity contribution in [1.82, 2.24) is 0 Å². The summed E-state index contributed by atoms with van der Waals surface area (Å²) in [5.41, 5.74) is 0.0613. The van der Waals surface area contributed by atoms with E-state index in [0.717, 1.165) is 6.92 Å². The molecule has 0 saturated carbocycles. The molecule has 0 aromatic carbocycles. The van der Waals surface area contributed by atoms with Crippen LogP contribution in [0.3, 0.4) is 0 Å². The minimum atomic E-state index is -2.76. The molecular formula is C10H17F2N2+. The van der Waals surface area contributed by atoms with Crippen LogP contribution in [0.1, 0.15) is 27.7 Å². The molecule has 14 heavy (non-hydrogen) atoms. The average molecular weight is 203 g/mol. The number of alkyl halides is 2. The van der Waals surface area contributed by atoms with E-state index in [9.17, 15) is 8.78 Å². The van der Waals surface area contributed by atoms with Gasteiger partial charge >= 0.3 is 0 Å². The lowest BCUT2D eigenvalue weighted by Gasteiger charge is -2.12. The molecule has 80 valence electrons. The van der Waals surface area contributed by atoms with Gasteiger partial charge in [-0.1, -0.05) is 25.5 Å². The van der Waals surface area contributed by atoms with Gasteiger partial charge in [0.15, 0.2) is 18.8 Å². The predicted molar refractivity (Wildman–Crippen MR) is 50.6 cm³/mol. The topological polar surface area (TPSA) is 15.4 Å². The average Bonchev–Trinajstić information content (AvgIpc) is 2.29. The van der Waals surface area contributed by atoms with E-state index in [1.54, 1.807) is 10.9 Å². The van der Waals surface area contributed by atoms with Gasteiger partial charge in [0.05, 0.1) is 0 Å². The lowest BCUT2D eigenvalue weighted by atomic mass is 9.97. The summed E-state index contributed by atoms with van der Waals surface area (Å²) in [6, 6.07) is -0.996. The summed E-state index contributed by atoms with van der Waals surface area (Å²) in [4.78, 5) is 0. The van der Waals surface area contributed by atoms with Gasteiger partial charge in [0.2, 0.25) is 0 Å². The molecule has 0 bridgehead atoms. The fourth-order valence-electron chi connectivity index (χ4n) is 1.27. The van der Waals surface area contributed by atoms with Crippen LogP contribution in [-0.4, -0.2) is 23.2 Å². The smallest absolute Gasteiger partial charge is 0.204 e. The molecule has 0 aromatic heterocycles. The van der Waals surface area contributed by atoms with Crippen LogP contribution in [0.5, 0.6) is 0 Å². The van der Waals surface area contributed by atoms with E-state index in [1.165, 1.54) is 6.08 Å². The summed E-state index contributed by atoms with van der Waals surface area (Å²) in [7, 11) is 0. The molecule has 0 spiro atoms. The van der Waals surface area contributed by atoms with E-state index in [0.29, 0.717) is 6.54 Å². The van der Waals surface area contributed by atoms with Gasteiger partial charge in [-0.2, -0.15) is 0 Å². The number of nitrogens with zero attached hydrogens (tertiary/aromatic N) is 2. The maximum atomic E-state index is 12.9. The summed E-state index contributed by atoms with van der Waals surface area (Å²) in [6.07, 6.45) is 3.08. The summed E-state index contributed by atoms with van der Waals surface area (Å²) < 4.78 is 27.3. The van der Waals surface area contributed by atoms with Crippen molar-refractivity contribution in [3.8, 4) is 0 Å². The van der Waals surface area contributed by atoms with Gasteiger partial charge in [0, 0.05) is 18.4 Å². The Labute approximate surface area is 83.3 Å². The number of halogens is 2. The van der Waals surface area contributed by atoms with Crippen molar-refractivity contribution in [2.24, 2.45) is 10.5 Å². The Balaban J connectivity index is 2.66. The predicted octanol–water partition coefficient (Wildman–Crippen LogP) is 3.05. The normalized spacial score (nSPS) is 22.7. The molecule has 1 rings (SSSR count). The van der Waals surface area contributed by atoms with Crippen molar-refractivity contribution in [3.05, 3.63) is 12.3 Å². The van der Waals surface area contributed by atoms with Crippen molar-refractivity contribution in [2.75, 3.05) is 6.54 Å². The second-order valence-corrected chi connectivity index (χ2v) is 5.02. The Morgan fingerprint density at radius 2 is 1.86 bits per heavy atom. The fourth-order valence-corrected chi connectivity index (χ4v) is 1.27. The molecule has 0 fully saturated rings. The zero-order valence-electron chi connectivity index (χ0n) is 9.09. The highest BCUT2D eigenvalue weighted by Crippen LogP contribution is 2.25. The van der Waals surface area contributed by atoms with Crippen molar-refractivity contribution in [2.45, 2.75) is 39.7 Å². The SMILES string of the molecule is CC(C)(C)C[N+]1=NC(C(C)(F)F)C=C1. The molecular weight excluding hydrogens is 186 g/mol. The quantitative estimate of drug-likeness (QED) is 0.613. The van der Waals surface area contributed by atoms with Gasteiger partial charge in [0.1, 0.15) is 0 Å². The minimum Gasteiger partial charge on any atom is -0.204 e. The molecule has 0 aliphatic carbocycles. The van der Waals surface area contributed by atoms with E-state index in [1.807, 2.05) is 20.8 Å². The number of hydrogen-bond acceptors (Lipinski definition) is 1. The van der Waals surface area contributed by atoms with Crippen LogP contribution in [0.15, 0.2) is 17.4 Å². The van der Waals surface area contributed by atoms with Crippen LogP contribution in [-0.2, 0) is 0 Å². The minimum absolute atomic E-state index is 0.0613. The summed E-state index contributed by atoms with van der Waals surface area (Å²) >= 11 is 0. The van der Waals surface area contributed by atoms with E-state index in [4.69, 9.17) is 0 Å². The van der Waals surface area contributed by atoms with Crippen LogP contribution >= 0.6 is 0 Å². The number of azo groups is 2. The summed E-state index contributed by atoms with van der Waals surface area (Å²) in [6.45, 7) is 7.71. The van der Waals surface area contributed by atoms with Crippen LogP contribution in [0, 0.1) is 5.41 Å². The monoisotopic (exact) mass is 203 g/mol. The third-order valence-corrected chi connectivity index (χ3v) is 1.87. The fraction of sp³-hybridized carbons (Fsp3) is 0.800. The Bertz CT molecular complexity index is 269. The third kappa shape index (κ3) is 3.16. The van der Waals surface area contributed by atoms with E-state index in [-0.39, 0.29) is 5.41 Å². The molecule has 2 nitrogen and oxygen atoms in total. The van der Waals surface area contributed by atoms with Gasteiger partial charge in [-0.3, -0.25) is 0 Å². The van der Waals surface area contributed by atoms with Crippen LogP contribution in [0.2, 0.25) is 0 Å². The third-order valence-electron chi connectivity index (χ3n) is 1.87. The number of hydrogen-bond donors (Lipinski definition) is 0. The van der Waals surface area contributed by atoms with Crippen molar-refractivity contribution >= 4 is 0 Å². The standard InChI is InChI=1S/C10H17F2N2/c1-9(2,3)7-14-6-5-8(13-14)10(4,11)12/h5-6,8H,7H2,1-4H3/q+1. The maximum absolute atomic E-state index is 12.9. The first kappa shape index (κ1) is 11.3. The molecule has 0 saturated heterocycles. The molecule has 4 heteroatoms. The number of rotatable bonds is 2. The highest BCUT2D eigenvalue weighted by molar-refractivity contribution is 4.97. The Kier molecular flexibility index (Phi) is 2.74. The Morgan fingerprint density at radius 3 is 2.21 bits per heavy atom. The summed E-state index contributed by atoms with van der Waals surface area (Å²) in [5, 5.41) is 3.92. The summed E-state index contributed by atoms with van der Waals surface area (Å²) in [5.74, 6) is -2.76. The van der Waals surface area contributed by atoms with Gasteiger partial charge < -0.3 is 0 Å². The van der Waals surface area contributed by atoms with Crippen molar-refractivity contribution in [3.63, 3.8) is 0 Å². The second-order valence-electron chi connectivity index (χ2n) is 5.02. The van der Waals surface area contributed by atoms with Crippen molar-refractivity contribution < 1.29 is 13.5 Å². The molecule has 0 N–H and O–H groups in total. The molecule has 1 aliphatic rings. The first-order valence-corrected chi connectivity index (χ1v) is 4.72. The molecule has 0 radical (unpaired) electrons. The van der Waals surface area contributed by atoms with Crippen LogP contribution < -0.4 is 0 Å². The maximum Gasteiger partial charge on any atom is 0.276 e. The highest BCUT2D eigenvalue weighted by atomic mass is 19.3. The largest absolute Gasteiger partial charge is 0.276 e. The molecule has 1 unspecified atom stereocenters. The lowest BCUT2D eigenvalue weighted by molar-refractivity contribution is -0.539. The van der Waals surface area contributed by atoms with E-state index in [2.05, 4.69) is 5.11 Å². The first-order valence-electron chi connectivity index (χ1n) is 4.72. The lowest BCUT2D eigenvalue weighted by Crippen LogP contribution is -2.26. The van der Waals surface area contributed by atoms with Gasteiger partial charge in [-0.15, -0.1) is 0 Å². The van der Waals surface area contributed by atoms with Gasteiger partial charge in [0.25, 0.3) is 5.92 Å². The Hall–Kier alpha value is -0.800. The first-order chi connectivity index (χ1) is 6.18. The molecule has 1 atom stereocenters. The van der Waals surface area contributed by atoms with E-state index < -0.39 is 12.0 Å². The molecule has 1 heterocycles. The molecule has 0 aromatic rings. The van der Waals surface area contributed by atoms with Crippen molar-refractivity contribution in [1.29, 1.82) is 0 Å². The zero-order valence-corrected chi connectivity index (χ0v) is 9.09. The highest BCUT2D eigenvalue weighted by Gasteiger charge is 2.39. The van der Waals surface area contributed by atoms with Gasteiger partial charge in [-0.25, -0.2) is 8.78 Å². The van der Waals surface area contributed by atoms with E-state index >= 15 is 0 Å².